The van der Waals surface area contributed by atoms with Crippen LogP contribution in [0.4, 0.5) is 5.69 Å². The summed E-state index contributed by atoms with van der Waals surface area (Å²) in [4.78, 5) is 30.3. The third kappa shape index (κ3) is 5.68. The monoisotopic (exact) mass is 476 g/mol. The molecule has 0 saturated heterocycles. The third-order valence-electron chi connectivity index (χ3n) is 6.26. The van der Waals surface area contributed by atoms with Crippen LogP contribution in [0, 0.1) is 6.92 Å². The minimum atomic E-state index is -0.773. The molecule has 1 saturated carbocycles. The zero-order valence-electron chi connectivity index (χ0n) is 19.8. The van der Waals surface area contributed by atoms with Gasteiger partial charge >= 0.3 is 0 Å². The lowest BCUT2D eigenvalue weighted by Crippen LogP contribution is -2.47. The Morgan fingerprint density at radius 2 is 1.79 bits per heavy atom. The van der Waals surface area contributed by atoms with Gasteiger partial charge in [0.2, 0.25) is 11.8 Å². The molecule has 2 aromatic carbocycles. The van der Waals surface area contributed by atoms with Gasteiger partial charge in [0.05, 0.1) is 13.0 Å². The van der Waals surface area contributed by atoms with Gasteiger partial charge in [-0.05, 0) is 67.5 Å². The van der Waals surface area contributed by atoms with Gasteiger partial charge in [-0.2, -0.15) is 0 Å². The minimum absolute atomic E-state index is 0.0998. The van der Waals surface area contributed by atoms with Crippen molar-refractivity contribution in [3.8, 4) is 5.75 Å². The predicted octanol–water partition coefficient (Wildman–Crippen LogP) is 5.83. The van der Waals surface area contributed by atoms with Crippen LogP contribution in [0.15, 0.2) is 66.0 Å². The Labute approximate surface area is 205 Å². The molecular weight excluding hydrogens is 444 g/mol. The molecular formula is C28H32N2O3S. The van der Waals surface area contributed by atoms with E-state index >= 15 is 0 Å². The summed E-state index contributed by atoms with van der Waals surface area (Å²) in [5.74, 6) is 0.504. The van der Waals surface area contributed by atoms with Crippen molar-refractivity contribution in [1.29, 1.82) is 0 Å². The second-order valence-corrected chi connectivity index (χ2v) is 9.73. The number of nitrogens with one attached hydrogen (secondary N) is 1. The van der Waals surface area contributed by atoms with E-state index in [0.717, 1.165) is 53.1 Å². The molecule has 1 fully saturated rings. The highest BCUT2D eigenvalue weighted by Gasteiger charge is 2.35. The van der Waals surface area contributed by atoms with Crippen molar-refractivity contribution in [1.82, 2.24) is 5.32 Å². The van der Waals surface area contributed by atoms with Gasteiger partial charge < -0.3 is 10.1 Å². The summed E-state index contributed by atoms with van der Waals surface area (Å²) in [5.41, 5.74) is 2.47. The highest BCUT2D eigenvalue weighted by atomic mass is 32.1. The summed E-state index contributed by atoms with van der Waals surface area (Å²) in [7, 11) is 0. The summed E-state index contributed by atoms with van der Waals surface area (Å²) < 4.78 is 5.61. The molecule has 1 N–H and O–H groups in total. The van der Waals surface area contributed by atoms with E-state index < -0.39 is 6.04 Å². The molecule has 2 amide bonds. The van der Waals surface area contributed by atoms with Crippen LogP contribution in [0.2, 0.25) is 0 Å². The lowest BCUT2D eigenvalue weighted by atomic mass is 10.0. The first-order valence-electron chi connectivity index (χ1n) is 12.0. The van der Waals surface area contributed by atoms with Crippen LogP contribution < -0.4 is 15.0 Å². The molecule has 1 aliphatic carbocycles. The summed E-state index contributed by atoms with van der Waals surface area (Å²) >= 11 is 1.55. The van der Waals surface area contributed by atoms with Crippen LogP contribution in [0.3, 0.4) is 0 Å². The van der Waals surface area contributed by atoms with Gasteiger partial charge in [0.15, 0.2) is 0 Å². The van der Waals surface area contributed by atoms with E-state index in [0.29, 0.717) is 6.61 Å². The van der Waals surface area contributed by atoms with E-state index in [1.165, 1.54) is 0 Å². The van der Waals surface area contributed by atoms with Gasteiger partial charge in [0.25, 0.3) is 0 Å². The van der Waals surface area contributed by atoms with Crippen molar-refractivity contribution in [3.63, 3.8) is 0 Å². The Bertz CT molecular complexity index is 1090. The molecule has 34 heavy (non-hydrogen) atoms. The Morgan fingerprint density at radius 3 is 2.44 bits per heavy atom. The zero-order chi connectivity index (χ0) is 23.9. The average Bonchev–Trinajstić information content (AvgIpc) is 3.53. The van der Waals surface area contributed by atoms with E-state index in [1.807, 2.05) is 79.9 Å². The van der Waals surface area contributed by atoms with Crippen molar-refractivity contribution >= 4 is 28.8 Å². The number of carbonyl (C=O) groups excluding carboxylic acids is 2. The Morgan fingerprint density at radius 1 is 1.06 bits per heavy atom. The van der Waals surface area contributed by atoms with Crippen LogP contribution in [0.1, 0.15) is 54.7 Å². The Balaban J connectivity index is 1.76. The van der Waals surface area contributed by atoms with E-state index in [4.69, 9.17) is 4.74 Å². The molecule has 0 spiro atoms. The number of anilines is 1. The van der Waals surface area contributed by atoms with Crippen molar-refractivity contribution in [2.24, 2.45) is 0 Å². The summed E-state index contributed by atoms with van der Waals surface area (Å²) in [6.45, 7) is 4.49. The van der Waals surface area contributed by atoms with Crippen molar-refractivity contribution in [2.45, 2.75) is 58.0 Å². The van der Waals surface area contributed by atoms with Gasteiger partial charge in [0, 0.05) is 16.6 Å². The molecule has 1 aromatic heterocycles. The van der Waals surface area contributed by atoms with E-state index in [-0.39, 0.29) is 24.3 Å². The van der Waals surface area contributed by atoms with Crippen molar-refractivity contribution in [2.75, 3.05) is 11.5 Å². The number of rotatable bonds is 9. The molecule has 3 aromatic rings. The first-order chi connectivity index (χ1) is 16.6. The normalized spacial score (nSPS) is 14.5. The topological polar surface area (TPSA) is 58.6 Å². The maximum absolute atomic E-state index is 13.8. The van der Waals surface area contributed by atoms with Crippen LogP contribution in [-0.4, -0.2) is 24.5 Å². The number of carbonyl (C=O) groups is 2. The number of benzene rings is 2. The molecule has 0 bridgehead atoms. The van der Waals surface area contributed by atoms with E-state index in [1.54, 1.807) is 16.2 Å². The second kappa shape index (κ2) is 11.3. The van der Waals surface area contributed by atoms with Gasteiger partial charge in [-0.1, -0.05) is 49.2 Å². The lowest BCUT2D eigenvalue weighted by Gasteiger charge is -2.33. The number of amides is 2. The third-order valence-corrected chi connectivity index (χ3v) is 7.14. The second-order valence-electron chi connectivity index (χ2n) is 8.70. The highest BCUT2D eigenvalue weighted by Crippen LogP contribution is 2.33. The predicted molar refractivity (Wildman–Crippen MR) is 137 cm³/mol. The number of hydrogen-bond acceptors (Lipinski definition) is 4. The first-order valence-corrected chi connectivity index (χ1v) is 12.9. The molecule has 178 valence electrons. The Kier molecular flexibility index (Phi) is 8.01. The maximum atomic E-state index is 13.8. The fraction of sp³-hybridized carbons (Fsp3) is 0.357. The van der Waals surface area contributed by atoms with Crippen molar-refractivity contribution in [3.05, 3.63) is 82.0 Å². The fourth-order valence-electron chi connectivity index (χ4n) is 4.58. The van der Waals surface area contributed by atoms with E-state index in [2.05, 4.69) is 5.32 Å². The molecule has 4 rings (SSSR count). The molecule has 0 radical (unpaired) electrons. The summed E-state index contributed by atoms with van der Waals surface area (Å²) in [5, 5.41) is 5.21. The van der Waals surface area contributed by atoms with E-state index in [9.17, 15) is 9.59 Å². The SMILES string of the molecule is CCOc1ccc(C(C(=O)NC2CCCC2)N(C(=O)Cc2cccs2)c2ccccc2C)cc1. The molecule has 1 heterocycles. The van der Waals surface area contributed by atoms with Crippen LogP contribution >= 0.6 is 11.3 Å². The highest BCUT2D eigenvalue weighted by molar-refractivity contribution is 7.10. The molecule has 5 nitrogen and oxygen atoms in total. The molecule has 6 heteroatoms. The number of ether oxygens (including phenoxy) is 1. The largest absolute Gasteiger partial charge is 0.494 e. The van der Waals surface area contributed by atoms with Gasteiger partial charge in [-0.3, -0.25) is 14.5 Å². The van der Waals surface area contributed by atoms with Crippen LogP contribution in [-0.2, 0) is 16.0 Å². The van der Waals surface area contributed by atoms with Gasteiger partial charge in [0.1, 0.15) is 11.8 Å². The number of aryl methyl sites for hydroxylation is 1. The summed E-state index contributed by atoms with van der Waals surface area (Å²) in [6, 6.07) is 18.6. The number of thiophene rings is 1. The molecule has 1 unspecified atom stereocenters. The minimum Gasteiger partial charge on any atom is -0.494 e. The average molecular weight is 477 g/mol. The van der Waals surface area contributed by atoms with Crippen LogP contribution in [0.5, 0.6) is 5.75 Å². The first kappa shape index (κ1) is 24.0. The summed E-state index contributed by atoms with van der Waals surface area (Å²) in [6.07, 6.45) is 4.45. The Hall–Kier alpha value is -3.12. The van der Waals surface area contributed by atoms with Gasteiger partial charge in [-0.25, -0.2) is 0 Å². The molecule has 1 aliphatic rings. The van der Waals surface area contributed by atoms with Gasteiger partial charge in [-0.15, -0.1) is 11.3 Å². The van der Waals surface area contributed by atoms with Crippen molar-refractivity contribution < 1.29 is 14.3 Å². The zero-order valence-corrected chi connectivity index (χ0v) is 20.6. The molecule has 0 aliphatic heterocycles. The van der Waals surface area contributed by atoms with Crippen LogP contribution in [0.25, 0.3) is 0 Å². The number of hydrogen-bond donors (Lipinski definition) is 1. The molecule has 1 atom stereocenters. The number of nitrogens with zero attached hydrogens (tertiary/aromatic N) is 1. The standard InChI is InChI=1S/C28H32N2O3S/c1-3-33-23-16-14-21(15-17-23)27(28(32)29-22-10-5-6-11-22)30(25-13-7-4-9-20(25)2)26(31)19-24-12-8-18-34-24/h4,7-9,12-18,22,27H,3,5-6,10-11,19H2,1-2H3,(H,29,32). The maximum Gasteiger partial charge on any atom is 0.248 e. The lowest BCUT2D eigenvalue weighted by molar-refractivity contribution is -0.127. The number of para-hydroxylation sites is 1. The quantitative estimate of drug-likeness (QED) is 0.423. The smallest absolute Gasteiger partial charge is 0.248 e. The fourth-order valence-corrected chi connectivity index (χ4v) is 5.28.